The zero-order valence-electron chi connectivity index (χ0n) is 26.3. The highest BCUT2D eigenvalue weighted by atomic mass is 16.5. The molecule has 3 saturated carbocycles. The van der Waals surface area contributed by atoms with Gasteiger partial charge in [0, 0.05) is 23.8 Å². The molecule has 0 heterocycles. The maximum Gasteiger partial charge on any atom is 0.407 e. The summed E-state index contributed by atoms with van der Waals surface area (Å²) in [6.45, 7) is 16.5. The van der Waals surface area contributed by atoms with Crippen LogP contribution in [-0.2, 0) is 14.3 Å². The molecule has 1 amide bonds. The number of nitriles is 1. The number of allylic oxidation sites excluding steroid dienone is 4. The molecule has 5 aliphatic carbocycles. The van der Waals surface area contributed by atoms with Gasteiger partial charge in [0.05, 0.1) is 12.2 Å². The molecule has 224 valence electrons. The highest BCUT2D eigenvalue weighted by Gasteiger charge is 2.68. The standard InChI is InChI=1S/C35H50N2O4/c1-8-37-30(40)41-17-9-11-35-15-13-31(3,4)20-25(35)28-26(38)18-27-32(5)19-23(21-36)29(39)22(2)24(32)10-12-33(27,6)34(28,7)14-16-35/h18-19,22,24-25,28H,8-17,20H2,1-7H3,(H,37,40)/t22-,24?,25?,28?,32-,33+,34+,35+/m0/s1. The Morgan fingerprint density at radius 1 is 1.07 bits per heavy atom. The predicted octanol–water partition coefficient (Wildman–Crippen LogP) is 7.34. The lowest BCUT2D eigenvalue weighted by atomic mass is 9.34. The Hall–Kier alpha value is -2.42. The highest BCUT2D eigenvalue weighted by Crippen LogP contribution is 2.74. The molecule has 3 fully saturated rings. The quantitative estimate of drug-likeness (QED) is 0.354. The van der Waals surface area contributed by atoms with Crippen LogP contribution in [0.1, 0.15) is 106 Å². The zero-order chi connectivity index (χ0) is 30.0. The molecule has 0 saturated heterocycles. The molecule has 5 aliphatic rings. The Balaban J connectivity index is 1.53. The van der Waals surface area contributed by atoms with Crippen molar-refractivity contribution in [2.24, 2.45) is 50.7 Å². The average Bonchev–Trinajstić information content (AvgIpc) is 2.90. The van der Waals surface area contributed by atoms with Crippen molar-refractivity contribution in [1.29, 1.82) is 5.26 Å². The van der Waals surface area contributed by atoms with Gasteiger partial charge in [0.1, 0.15) is 6.07 Å². The van der Waals surface area contributed by atoms with Crippen LogP contribution in [0.15, 0.2) is 23.3 Å². The first-order valence-electron chi connectivity index (χ1n) is 16.0. The Morgan fingerprint density at radius 2 is 1.78 bits per heavy atom. The topological polar surface area (TPSA) is 96.3 Å². The van der Waals surface area contributed by atoms with Crippen LogP contribution in [0.25, 0.3) is 0 Å². The van der Waals surface area contributed by atoms with Gasteiger partial charge in [-0.1, -0.05) is 53.2 Å². The van der Waals surface area contributed by atoms with E-state index in [0.717, 1.165) is 63.4 Å². The minimum absolute atomic E-state index is 0.0453. The summed E-state index contributed by atoms with van der Waals surface area (Å²) in [5.41, 5.74) is 0.856. The van der Waals surface area contributed by atoms with Crippen LogP contribution >= 0.6 is 0 Å². The summed E-state index contributed by atoms with van der Waals surface area (Å²) in [6.07, 6.45) is 12.7. The molecule has 1 N–H and O–H groups in total. The first-order valence-corrected chi connectivity index (χ1v) is 16.0. The SMILES string of the molecule is CCNC(=O)OCCC[C@]12CCC(C)(C)CC1C1C(=O)C=C3[C@@]4(C)C=C(C#N)C(=O)[C@@H](C)C4CC[C@@]3(C)[C@]1(C)CC2. The molecule has 41 heavy (non-hydrogen) atoms. The number of nitrogens with zero attached hydrogens (tertiary/aromatic N) is 1. The Kier molecular flexibility index (Phi) is 7.40. The molecule has 0 aromatic rings. The number of hydrogen-bond acceptors (Lipinski definition) is 5. The number of hydrogen-bond donors (Lipinski definition) is 1. The molecule has 3 unspecified atom stereocenters. The van der Waals surface area contributed by atoms with Gasteiger partial charge in [0.15, 0.2) is 11.6 Å². The number of carbonyl (C=O) groups is 3. The fourth-order valence-corrected chi connectivity index (χ4v) is 10.6. The average molecular weight is 563 g/mol. The molecule has 0 aromatic heterocycles. The van der Waals surface area contributed by atoms with Crippen LogP contribution in [-0.4, -0.2) is 30.8 Å². The fourth-order valence-electron chi connectivity index (χ4n) is 10.6. The summed E-state index contributed by atoms with van der Waals surface area (Å²) in [7, 11) is 0. The summed E-state index contributed by atoms with van der Waals surface area (Å²) in [6, 6.07) is 2.18. The predicted molar refractivity (Wildman–Crippen MR) is 159 cm³/mol. The molecule has 6 heteroatoms. The first-order chi connectivity index (χ1) is 19.2. The number of alkyl carbamates (subject to hydrolysis) is 1. The maximum atomic E-state index is 14.5. The molecule has 8 atom stereocenters. The van der Waals surface area contributed by atoms with E-state index in [1.807, 2.05) is 26.0 Å². The van der Waals surface area contributed by atoms with Gasteiger partial charge in [-0.2, -0.15) is 5.26 Å². The van der Waals surface area contributed by atoms with E-state index < -0.39 is 5.41 Å². The van der Waals surface area contributed by atoms with E-state index in [-0.39, 0.29) is 62.6 Å². The van der Waals surface area contributed by atoms with Crippen molar-refractivity contribution in [3.63, 3.8) is 0 Å². The maximum absolute atomic E-state index is 14.5. The van der Waals surface area contributed by atoms with Crippen LogP contribution in [0.5, 0.6) is 0 Å². The molecule has 6 nitrogen and oxygen atoms in total. The smallest absolute Gasteiger partial charge is 0.407 e. The third kappa shape index (κ3) is 4.43. The molecular formula is C35H50N2O4. The number of ether oxygens (including phenoxy) is 1. The molecule has 0 radical (unpaired) electrons. The van der Waals surface area contributed by atoms with E-state index >= 15 is 0 Å². The third-order valence-electron chi connectivity index (χ3n) is 13.1. The molecule has 0 aromatic carbocycles. The van der Waals surface area contributed by atoms with Gasteiger partial charge in [0.25, 0.3) is 0 Å². The van der Waals surface area contributed by atoms with Gasteiger partial charge in [-0.3, -0.25) is 9.59 Å². The van der Waals surface area contributed by atoms with E-state index in [2.05, 4.69) is 46.0 Å². The molecule has 5 rings (SSSR count). The van der Waals surface area contributed by atoms with Crippen molar-refractivity contribution in [1.82, 2.24) is 5.32 Å². The summed E-state index contributed by atoms with van der Waals surface area (Å²) in [5.74, 6) is 0.346. The number of rotatable bonds is 5. The van der Waals surface area contributed by atoms with Gasteiger partial charge in [-0.05, 0) is 104 Å². The largest absolute Gasteiger partial charge is 0.450 e. The minimum Gasteiger partial charge on any atom is -0.450 e. The third-order valence-corrected chi connectivity index (χ3v) is 13.1. The summed E-state index contributed by atoms with van der Waals surface area (Å²) >= 11 is 0. The summed E-state index contributed by atoms with van der Waals surface area (Å²) in [5, 5.41) is 12.5. The number of fused-ring (bicyclic) bond motifs is 7. The fraction of sp³-hybridized carbons (Fsp3) is 0.771. The number of amides is 1. The van der Waals surface area contributed by atoms with Crippen molar-refractivity contribution < 1.29 is 19.1 Å². The molecule has 0 aliphatic heterocycles. The Labute approximate surface area is 246 Å². The van der Waals surface area contributed by atoms with Crippen molar-refractivity contribution >= 4 is 17.7 Å². The lowest BCUT2D eigenvalue weighted by molar-refractivity contribution is -0.171. The first kappa shape index (κ1) is 30.1. The molecule has 0 bridgehead atoms. The second kappa shape index (κ2) is 10.1. The lowest BCUT2D eigenvalue weighted by Crippen LogP contribution is -2.64. The van der Waals surface area contributed by atoms with Crippen LogP contribution in [0.3, 0.4) is 0 Å². The number of Topliss-reactive ketones (excluding diaryl/α,β-unsaturated/α-hetero) is 1. The minimum atomic E-state index is -0.466. The van der Waals surface area contributed by atoms with Crippen molar-refractivity contribution in [2.75, 3.05) is 13.2 Å². The van der Waals surface area contributed by atoms with Gasteiger partial charge in [-0.25, -0.2) is 4.79 Å². The molecule has 0 spiro atoms. The zero-order valence-corrected chi connectivity index (χ0v) is 26.3. The van der Waals surface area contributed by atoms with Crippen molar-refractivity contribution in [3.8, 4) is 6.07 Å². The van der Waals surface area contributed by atoms with Crippen LogP contribution < -0.4 is 5.32 Å². The summed E-state index contributed by atoms with van der Waals surface area (Å²) < 4.78 is 5.44. The highest BCUT2D eigenvalue weighted by molar-refractivity contribution is 6.02. The molecular weight excluding hydrogens is 512 g/mol. The van der Waals surface area contributed by atoms with Crippen molar-refractivity contribution in [3.05, 3.63) is 23.3 Å². The van der Waals surface area contributed by atoms with Gasteiger partial charge in [-0.15, -0.1) is 0 Å². The Morgan fingerprint density at radius 3 is 2.46 bits per heavy atom. The van der Waals surface area contributed by atoms with E-state index in [0.29, 0.717) is 19.1 Å². The van der Waals surface area contributed by atoms with E-state index in [4.69, 9.17) is 4.74 Å². The van der Waals surface area contributed by atoms with Gasteiger partial charge in [0.2, 0.25) is 0 Å². The second-order valence-corrected chi connectivity index (χ2v) is 15.5. The van der Waals surface area contributed by atoms with E-state index in [1.165, 1.54) is 0 Å². The number of nitrogens with one attached hydrogen (secondary N) is 1. The van der Waals surface area contributed by atoms with Gasteiger partial charge >= 0.3 is 6.09 Å². The normalized spacial score (nSPS) is 42.8. The number of carbonyl (C=O) groups excluding carboxylic acids is 3. The lowest BCUT2D eigenvalue weighted by Gasteiger charge is -2.69. The van der Waals surface area contributed by atoms with Crippen LogP contribution in [0.4, 0.5) is 4.79 Å². The van der Waals surface area contributed by atoms with Crippen molar-refractivity contribution in [2.45, 2.75) is 106 Å². The summed E-state index contributed by atoms with van der Waals surface area (Å²) in [4.78, 5) is 39.4. The monoisotopic (exact) mass is 562 g/mol. The van der Waals surface area contributed by atoms with Crippen LogP contribution in [0.2, 0.25) is 0 Å². The second-order valence-electron chi connectivity index (χ2n) is 15.5. The van der Waals surface area contributed by atoms with E-state index in [9.17, 15) is 19.6 Å². The van der Waals surface area contributed by atoms with E-state index in [1.54, 1.807) is 0 Å². The van der Waals surface area contributed by atoms with Gasteiger partial charge < -0.3 is 10.1 Å². The number of ketones is 2. The van der Waals surface area contributed by atoms with Crippen LogP contribution in [0, 0.1) is 62.1 Å². The Bertz CT molecular complexity index is 1240.